The number of hydrogen-bond acceptors (Lipinski definition) is 4. The van der Waals surface area contributed by atoms with Gasteiger partial charge in [-0.2, -0.15) is 0 Å². The maximum atomic E-state index is 11.5. The van der Waals surface area contributed by atoms with Gasteiger partial charge in [0, 0.05) is 12.7 Å². The van der Waals surface area contributed by atoms with Gasteiger partial charge in [0.05, 0.1) is 34.7 Å². The van der Waals surface area contributed by atoms with Crippen LogP contribution in [0.4, 0.5) is 0 Å². The summed E-state index contributed by atoms with van der Waals surface area (Å²) in [5.74, 6) is 0.0297. The van der Waals surface area contributed by atoms with E-state index in [2.05, 4.69) is 6.92 Å². The van der Waals surface area contributed by atoms with Crippen LogP contribution in [0, 0.1) is 0 Å². The zero-order chi connectivity index (χ0) is 16.4. The number of hydrogen-bond donors (Lipinski definition) is 0. The second-order valence-corrected chi connectivity index (χ2v) is 5.70. The molecule has 0 spiro atoms. The second kappa shape index (κ2) is 10.9. The lowest BCUT2D eigenvalue weighted by Gasteiger charge is -2.09. The summed E-state index contributed by atoms with van der Waals surface area (Å²) in [7, 11) is 0. The summed E-state index contributed by atoms with van der Waals surface area (Å²) >= 11 is 17.6. The fourth-order valence-electron chi connectivity index (χ4n) is 1.49. The van der Waals surface area contributed by atoms with Crippen molar-refractivity contribution in [3.8, 4) is 5.75 Å². The minimum atomic E-state index is -0.352. The molecule has 0 saturated carbocycles. The Hall–Kier alpha value is -0.680. The van der Waals surface area contributed by atoms with Gasteiger partial charge < -0.3 is 14.2 Å². The van der Waals surface area contributed by atoms with Gasteiger partial charge in [-0.3, -0.25) is 4.79 Å². The van der Waals surface area contributed by atoms with Gasteiger partial charge in [-0.15, -0.1) is 0 Å². The summed E-state index contributed by atoms with van der Waals surface area (Å²) in [6.07, 6.45) is 2.20. The normalized spacial score (nSPS) is 10.5. The van der Waals surface area contributed by atoms with Crippen molar-refractivity contribution in [3.05, 3.63) is 27.2 Å². The van der Waals surface area contributed by atoms with Crippen molar-refractivity contribution in [3.63, 3.8) is 0 Å². The molecule has 0 amide bonds. The van der Waals surface area contributed by atoms with E-state index in [9.17, 15) is 4.79 Å². The summed E-state index contributed by atoms with van der Waals surface area (Å²) in [4.78, 5) is 11.5. The Morgan fingerprint density at radius 2 is 1.73 bits per heavy atom. The lowest BCUT2D eigenvalue weighted by Crippen LogP contribution is -2.13. The molecule has 0 atom stereocenters. The van der Waals surface area contributed by atoms with Crippen molar-refractivity contribution < 1.29 is 19.0 Å². The summed E-state index contributed by atoms with van der Waals surface area (Å²) < 4.78 is 15.7. The molecule has 0 aliphatic heterocycles. The number of benzene rings is 1. The average Bonchev–Trinajstić information content (AvgIpc) is 2.48. The molecule has 0 N–H and O–H groups in total. The van der Waals surface area contributed by atoms with Gasteiger partial charge in [-0.05, 0) is 12.5 Å². The fraction of sp³-hybridized carbons (Fsp3) is 0.533. The summed E-state index contributed by atoms with van der Waals surface area (Å²) in [5, 5.41) is 1.03. The lowest BCUT2D eigenvalue weighted by atomic mass is 10.3. The molecule has 0 radical (unpaired) electrons. The molecule has 0 heterocycles. The number of rotatable bonds is 10. The van der Waals surface area contributed by atoms with E-state index in [1.54, 1.807) is 0 Å². The van der Waals surface area contributed by atoms with Crippen molar-refractivity contribution in [1.29, 1.82) is 0 Å². The number of carbonyl (C=O) groups excluding carboxylic acids is 1. The summed E-state index contributed by atoms with van der Waals surface area (Å²) in [5.41, 5.74) is 0. The van der Waals surface area contributed by atoms with E-state index < -0.39 is 0 Å². The summed E-state index contributed by atoms with van der Waals surface area (Å²) in [6.45, 7) is 3.57. The number of carbonyl (C=O) groups is 1. The first kappa shape index (κ1) is 19.4. The molecule has 1 rings (SSSR count). The predicted octanol–water partition coefficient (Wildman–Crippen LogP) is 4.78. The van der Waals surface area contributed by atoms with Crippen LogP contribution >= 0.6 is 34.8 Å². The van der Waals surface area contributed by atoms with E-state index in [1.807, 2.05) is 0 Å². The second-order valence-electron chi connectivity index (χ2n) is 4.48. The van der Waals surface area contributed by atoms with Gasteiger partial charge in [0.1, 0.15) is 12.4 Å². The molecule has 0 fully saturated rings. The van der Waals surface area contributed by atoms with Crippen LogP contribution in [0.25, 0.3) is 0 Å². The molecule has 124 valence electrons. The number of ether oxygens (including phenoxy) is 3. The average molecular weight is 370 g/mol. The largest absolute Gasteiger partial charge is 0.491 e. The third-order valence-corrected chi connectivity index (χ3v) is 3.69. The highest BCUT2D eigenvalue weighted by Crippen LogP contribution is 2.33. The quantitative estimate of drug-likeness (QED) is 0.338. The van der Waals surface area contributed by atoms with Crippen molar-refractivity contribution in [2.45, 2.75) is 26.2 Å². The van der Waals surface area contributed by atoms with E-state index in [0.29, 0.717) is 34.0 Å². The molecule has 0 bridgehead atoms. The molecule has 0 aliphatic rings. The van der Waals surface area contributed by atoms with Crippen molar-refractivity contribution in [1.82, 2.24) is 0 Å². The number of unbranched alkanes of at least 4 members (excludes halogenated alkanes) is 1. The van der Waals surface area contributed by atoms with E-state index in [0.717, 1.165) is 12.8 Å². The van der Waals surface area contributed by atoms with E-state index >= 15 is 0 Å². The van der Waals surface area contributed by atoms with E-state index in [4.69, 9.17) is 49.0 Å². The smallest absolute Gasteiger partial charge is 0.309 e. The molecule has 4 nitrogen and oxygen atoms in total. The Bertz CT molecular complexity index is 480. The Kier molecular flexibility index (Phi) is 9.64. The van der Waals surface area contributed by atoms with Gasteiger partial charge in [-0.25, -0.2) is 0 Å². The first-order valence-electron chi connectivity index (χ1n) is 7.05. The Morgan fingerprint density at radius 3 is 2.45 bits per heavy atom. The van der Waals surface area contributed by atoms with Gasteiger partial charge in [0.2, 0.25) is 0 Å². The van der Waals surface area contributed by atoms with Crippen LogP contribution in [0.3, 0.4) is 0 Å². The molecular weight excluding hydrogens is 351 g/mol. The van der Waals surface area contributed by atoms with Crippen molar-refractivity contribution >= 4 is 40.8 Å². The maximum Gasteiger partial charge on any atom is 0.309 e. The highest BCUT2D eigenvalue weighted by molar-refractivity contribution is 6.43. The van der Waals surface area contributed by atoms with Gasteiger partial charge in [-0.1, -0.05) is 48.1 Å². The van der Waals surface area contributed by atoms with Crippen LogP contribution in [0.15, 0.2) is 12.1 Å². The lowest BCUT2D eigenvalue weighted by molar-refractivity contribution is -0.145. The van der Waals surface area contributed by atoms with Crippen molar-refractivity contribution in [2.24, 2.45) is 0 Å². The topological polar surface area (TPSA) is 44.8 Å². The summed E-state index contributed by atoms with van der Waals surface area (Å²) in [6, 6.07) is 3.01. The molecule has 0 unspecified atom stereocenters. The first-order valence-corrected chi connectivity index (χ1v) is 8.18. The van der Waals surface area contributed by atoms with Crippen molar-refractivity contribution in [2.75, 3.05) is 26.4 Å². The van der Waals surface area contributed by atoms with E-state index in [-0.39, 0.29) is 25.6 Å². The molecule has 22 heavy (non-hydrogen) atoms. The molecule has 0 aromatic heterocycles. The Morgan fingerprint density at radius 1 is 1.00 bits per heavy atom. The Balaban J connectivity index is 2.18. The van der Waals surface area contributed by atoms with Crippen LogP contribution in [-0.2, 0) is 14.3 Å². The minimum Gasteiger partial charge on any atom is -0.491 e. The third-order valence-electron chi connectivity index (χ3n) is 2.67. The highest BCUT2D eigenvalue weighted by atomic mass is 35.5. The minimum absolute atomic E-state index is 0.117. The van der Waals surface area contributed by atoms with E-state index in [1.165, 1.54) is 12.1 Å². The van der Waals surface area contributed by atoms with Crippen LogP contribution < -0.4 is 4.74 Å². The fourth-order valence-corrected chi connectivity index (χ4v) is 2.09. The molecule has 7 heteroatoms. The zero-order valence-corrected chi connectivity index (χ0v) is 14.6. The standard InChI is InChI=1S/C15H19Cl3O4/c1-2-3-5-20-7-8-22-15(19)4-6-21-14-10-12(17)11(16)9-13(14)18/h9-10H,2-8H2,1H3. The van der Waals surface area contributed by atoms with Crippen LogP contribution in [0.5, 0.6) is 5.75 Å². The van der Waals surface area contributed by atoms with Crippen LogP contribution in [-0.4, -0.2) is 32.4 Å². The van der Waals surface area contributed by atoms with Gasteiger partial charge >= 0.3 is 5.97 Å². The van der Waals surface area contributed by atoms with Gasteiger partial charge in [0.15, 0.2) is 0 Å². The van der Waals surface area contributed by atoms with Crippen LogP contribution in [0.2, 0.25) is 15.1 Å². The third kappa shape index (κ3) is 7.54. The number of esters is 1. The molecular formula is C15H19Cl3O4. The molecule has 0 aliphatic carbocycles. The highest BCUT2D eigenvalue weighted by Gasteiger charge is 2.09. The van der Waals surface area contributed by atoms with Gasteiger partial charge in [0.25, 0.3) is 0 Å². The Labute approximate surface area is 145 Å². The zero-order valence-electron chi connectivity index (χ0n) is 12.4. The molecule has 0 saturated heterocycles. The predicted molar refractivity (Wildman–Crippen MR) is 88.3 cm³/mol. The van der Waals surface area contributed by atoms with Crippen LogP contribution in [0.1, 0.15) is 26.2 Å². The molecule has 1 aromatic rings. The molecule has 1 aromatic carbocycles. The number of halogens is 3. The monoisotopic (exact) mass is 368 g/mol. The SMILES string of the molecule is CCCCOCCOC(=O)CCOc1cc(Cl)c(Cl)cc1Cl. The first-order chi connectivity index (χ1) is 10.5. The maximum absolute atomic E-state index is 11.5.